The van der Waals surface area contributed by atoms with Gasteiger partial charge in [-0.15, -0.1) is 11.3 Å². The highest BCUT2D eigenvalue weighted by Gasteiger charge is 2.19. The van der Waals surface area contributed by atoms with Crippen LogP contribution in [0.25, 0.3) is 0 Å². The van der Waals surface area contributed by atoms with Crippen molar-refractivity contribution >= 4 is 22.9 Å². The lowest BCUT2D eigenvalue weighted by Gasteiger charge is -2.17. The first-order valence-electron chi connectivity index (χ1n) is 6.57. The molecule has 0 radical (unpaired) electrons. The number of H-pyrrole nitrogens is 1. The molecule has 0 saturated carbocycles. The third-order valence-corrected chi connectivity index (χ3v) is 4.12. The summed E-state index contributed by atoms with van der Waals surface area (Å²) in [5.74, 6) is -0.172. The van der Waals surface area contributed by atoms with Gasteiger partial charge in [0.1, 0.15) is 5.69 Å². The van der Waals surface area contributed by atoms with Gasteiger partial charge in [-0.1, -0.05) is 36.4 Å². The number of nitrogen functional groups attached to an aromatic ring is 1. The molecule has 4 nitrogen and oxygen atoms in total. The van der Waals surface area contributed by atoms with E-state index < -0.39 is 0 Å². The molecule has 4 N–H and O–H groups in total. The van der Waals surface area contributed by atoms with Crippen molar-refractivity contribution in [3.8, 4) is 0 Å². The van der Waals surface area contributed by atoms with Gasteiger partial charge in [0.15, 0.2) is 0 Å². The van der Waals surface area contributed by atoms with Gasteiger partial charge in [0.2, 0.25) is 0 Å². The van der Waals surface area contributed by atoms with Gasteiger partial charge in [-0.25, -0.2) is 0 Å². The maximum absolute atomic E-state index is 12.3. The number of nitrogens with one attached hydrogen (secondary N) is 2. The standard InChI is InChI=1S/C16H15N3OS/c17-12-9-13(18-10-12)16(20)19-15(14-7-4-8-21-14)11-5-2-1-3-6-11/h1-10,15,18H,17H2,(H,19,20). The van der Waals surface area contributed by atoms with Crippen LogP contribution < -0.4 is 11.1 Å². The average molecular weight is 297 g/mol. The van der Waals surface area contributed by atoms with Crippen molar-refractivity contribution in [3.63, 3.8) is 0 Å². The van der Waals surface area contributed by atoms with E-state index in [-0.39, 0.29) is 11.9 Å². The number of hydrogen-bond acceptors (Lipinski definition) is 3. The van der Waals surface area contributed by atoms with Gasteiger partial charge in [-0.3, -0.25) is 4.79 Å². The Kier molecular flexibility index (Phi) is 3.75. The Morgan fingerprint density at radius 2 is 2.00 bits per heavy atom. The summed E-state index contributed by atoms with van der Waals surface area (Å²) in [6.45, 7) is 0. The third kappa shape index (κ3) is 2.98. The van der Waals surface area contributed by atoms with Gasteiger partial charge in [0, 0.05) is 16.8 Å². The van der Waals surface area contributed by atoms with E-state index in [0.29, 0.717) is 11.4 Å². The molecule has 1 unspecified atom stereocenters. The van der Waals surface area contributed by atoms with Crippen molar-refractivity contribution in [1.82, 2.24) is 10.3 Å². The molecule has 1 aromatic carbocycles. The predicted molar refractivity (Wildman–Crippen MR) is 85.3 cm³/mol. The Morgan fingerprint density at radius 1 is 1.19 bits per heavy atom. The number of carbonyl (C=O) groups is 1. The second kappa shape index (κ2) is 5.85. The molecular formula is C16H15N3OS. The Morgan fingerprint density at radius 3 is 2.62 bits per heavy atom. The first kappa shape index (κ1) is 13.5. The van der Waals surface area contributed by atoms with Crippen LogP contribution in [-0.4, -0.2) is 10.9 Å². The van der Waals surface area contributed by atoms with Crippen LogP contribution >= 0.6 is 11.3 Å². The first-order chi connectivity index (χ1) is 10.2. The minimum absolute atomic E-state index is 0.164. The normalized spacial score (nSPS) is 12.0. The van der Waals surface area contributed by atoms with E-state index in [1.54, 1.807) is 23.6 Å². The number of benzene rings is 1. The van der Waals surface area contributed by atoms with Gasteiger partial charge < -0.3 is 16.0 Å². The highest BCUT2D eigenvalue weighted by Crippen LogP contribution is 2.26. The second-order valence-corrected chi connectivity index (χ2v) is 5.66. The summed E-state index contributed by atoms with van der Waals surface area (Å²) in [6.07, 6.45) is 1.61. The Labute approximate surface area is 126 Å². The van der Waals surface area contributed by atoms with Crippen molar-refractivity contribution in [2.45, 2.75) is 6.04 Å². The van der Waals surface area contributed by atoms with Crippen molar-refractivity contribution in [1.29, 1.82) is 0 Å². The van der Waals surface area contributed by atoms with Crippen LogP contribution in [0.2, 0.25) is 0 Å². The fourth-order valence-corrected chi connectivity index (χ4v) is 2.97. The molecule has 0 spiro atoms. The SMILES string of the molecule is Nc1c[nH]c(C(=O)NC(c2ccccc2)c2cccs2)c1. The highest BCUT2D eigenvalue weighted by molar-refractivity contribution is 7.10. The van der Waals surface area contributed by atoms with Crippen LogP contribution in [0.5, 0.6) is 0 Å². The maximum atomic E-state index is 12.3. The van der Waals surface area contributed by atoms with Crippen molar-refractivity contribution in [2.24, 2.45) is 0 Å². The summed E-state index contributed by atoms with van der Waals surface area (Å²) < 4.78 is 0. The van der Waals surface area contributed by atoms with Crippen LogP contribution in [0, 0.1) is 0 Å². The van der Waals surface area contributed by atoms with E-state index in [9.17, 15) is 4.79 Å². The summed E-state index contributed by atoms with van der Waals surface area (Å²) in [4.78, 5) is 16.3. The summed E-state index contributed by atoms with van der Waals surface area (Å²) in [6, 6.07) is 15.4. The number of nitrogens with two attached hydrogens (primary N) is 1. The smallest absolute Gasteiger partial charge is 0.268 e. The molecule has 0 aliphatic heterocycles. The van der Waals surface area contributed by atoms with E-state index in [4.69, 9.17) is 5.73 Å². The molecule has 1 atom stereocenters. The lowest BCUT2D eigenvalue weighted by atomic mass is 10.1. The molecule has 21 heavy (non-hydrogen) atoms. The fourth-order valence-electron chi connectivity index (χ4n) is 2.17. The zero-order chi connectivity index (χ0) is 14.7. The van der Waals surface area contributed by atoms with E-state index in [0.717, 1.165) is 10.4 Å². The number of amides is 1. The van der Waals surface area contributed by atoms with Gasteiger partial charge >= 0.3 is 0 Å². The number of hydrogen-bond donors (Lipinski definition) is 3. The lowest BCUT2D eigenvalue weighted by Crippen LogP contribution is -2.29. The van der Waals surface area contributed by atoms with E-state index in [2.05, 4.69) is 10.3 Å². The molecule has 3 rings (SSSR count). The Hall–Kier alpha value is -2.53. The number of aromatic nitrogens is 1. The van der Waals surface area contributed by atoms with Gasteiger partial charge in [-0.05, 0) is 23.1 Å². The third-order valence-electron chi connectivity index (χ3n) is 3.19. The topological polar surface area (TPSA) is 70.9 Å². The largest absolute Gasteiger partial charge is 0.397 e. The molecule has 0 saturated heterocycles. The predicted octanol–water partition coefficient (Wildman–Crippen LogP) is 3.18. The van der Waals surface area contributed by atoms with E-state index in [1.165, 1.54) is 0 Å². The molecular weight excluding hydrogens is 282 g/mol. The number of carbonyl (C=O) groups excluding carboxylic acids is 1. The Balaban J connectivity index is 1.88. The number of anilines is 1. The molecule has 106 valence electrons. The average Bonchev–Trinajstić information content (AvgIpc) is 3.17. The highest BCUT2D eigenvalue weighted by atomic mass is 32.1. The molecule has 2 aromatic heterocycles. The number of rotatable bonds is 4. The summed E-state index contributed by atoms with van der Waals surface area (Å²) in [5.41, 5.74) is 7.70. The molecule has 3 aromatic rings. The van der Waals surface area contributed by atoms with Crippen LogP contribution in [0.3, 0.4) is 0 Å². The number of aromatic amines is 1. The maximum Gasteiger partial charge on any atom is 0.268 e. The summed E-state index contributed by atoms with van der Waals surface area (Å²) >= 11 is 1.62. The number of thiophene rings is 1. The van der Waals surface area contributed by atoms with Gasteiger partial charge in [-0.2, -0.15) is 0 Å². The molecule has 2 heterocycles. The van der Waals surface area contributed by atoms with Crippen LogP contribution in [-0.2, 0) is 0 Å². The molecule has 0 aliphatic rings. The van der Waals surface area contributed by atoms with Crippen molar-refractivity contribution < 1.29 is 4.79 Å². The second-order valence-electron chi connectivity index (χ2n) is 4.68. The minimum Gasteiger partial charge on any atom is -0.397 e. The Bertz CT molecular complexity index is 719. The van der Waals surface area contributed by atoms with Crippen LogP contribution in [0.15, 0.2) is 60.1 Å². The van der Waals surface area contributed by atoms with E-state index in [1.807, 2.05) is 47.8 Å². The zero-order valence-electron chi connectivity index (χ0n) is 11.2. The van der Waals surface area contributed by atoms with Gasteiger partial charge in [0.25, 0.3) is 5.91 Å². The summed E-state index contributed by atoms with van der Waals surface area (Å²) in [5, 5.41) is 5.05. The van der Waals surface area contributed by atoms with Crippen LogP contribution in [0.1, 0.15) is 27.0 Å². The van der Waals surface area contributed by atoms with Crippen molar-refractivity contribution in [2.75, 3.05) is 5.73 Å². The first-order valence-corrected chi connectivity index (χ1v) is 7.45. The van der Waals surface area contributed by atoms with Crippen molar-refractivity contribution in [3.05, 3.63) is 76.2 Å². The minimum atomic E-state index is -0.172. The monoisotopic (exact) mass is 297 g/mol. The van der Waals surface area contributed by atoms with Crippen LogP contribution in [0.4, 0.5) is 5.69 Å². The molecule has 0 fully saturated rings. The van der Waals surface area contributed by atoms with E-state index >= 15 is 0 Å². The van der Waals surface area contributed by atoms with Gasteiger partial charge in [0.05, 0.1) is 6.04 Å². The molecule has 1 amide bonds. The lowest BCUT2D eigenvalue weighted by molar-refractivity contribution is 0.0939. The molecule has 0 aliphatic carbocycles. The molecule has 0 bridgehead atoms. The molecule has 5 heteroatoms. The fraction of sp³-hybridized carbons (Fsp3) is 0.0625. The zero-order valence-corrected chi connectivity index (χ0v) is 12.1. The quantitative estimate of drug-likeness (QED) is 0.692. The summed E-state index contributed by atoms with van der Waals surface area (Å²) in [7, 11) is 0.